The Balaban J connectivity index is 2.29. The van der Waals surface area contributed by atoms with Gasteiger partial charge in [0.2, 0.25) is 0 Å². The summed E-state index contributed by atoms with van der Waals surface area (Å²) < 4.78 is 5.31. The largest absolute Gasteiger partial charge is 0.395 e. The molecule has 0 radical (unpaired) electrons. The minimum absolute atomic E-state index is 0.0103. The van der Waals surface area contributed by atoms with E-state index in [2.05, 4.69) is 5.16 Å². The molecule has 1 aliphatic rings. The summed E-state index contributed by atoms with van der Waals surface area (Å²) in [4.78, 5) is 14.6. The van der Waals surface area contributed by atoms with Crippen LogP contribution in [0, 0.1) is 6.92 Å². The van der Waals surface area contributed by atoms with E-state index in [1.807, 2.05) is 13.8 Å². The second-order valence-electron chi connectivity index (χ2n) is 5.82. The van der Waals surface area contributed by atoms with E-state index in [9.17, 15) is 9.90 Å². The number of carbonyl (C=O) groups excluding carboxylic acids is 1. The second kappa shape index (κ2) is 6.39. The van der Waals surface area contributed by atoms with E-state index < -0.39 is 0 Å². The number of amides is 1. The molecular formula is C15H24N2O3. The molecule has 0 atom stereocenters. The predicted octanol–water partition coefficient (Wildman–Crippen LogP) is 2.48. The average Bonchev–Trinajstić information content (AvgIpc) is 3.04. The van der Waals surface area contributed by atoms with Crippen molar-refractivity contribution < 1.29 is 14.4 Å². The summed E-state index contributed by atoms with van der Waals surface area (Å²) in [6, 6.07) is 0.240. The van der Waals surface area contributed by atoms with Gasteiger partial charge in [0.05, 0.1) is 12.3 Å². The number of aromatic nitrogens is 1. The van der Waals surface area contributed by atoms with Gasteiger partial charge in [-0.25, -0.2) is 0 Å². The summed E-state index contributed by atoms with van der Waals surface area (Å²) in [5, 5.41) is 13.2. The molecule has 1 heterocycles. The fourth-order valence-electron chi connectivity index (χ4n) is 2.96. The zero-order chi connectivity index (χ0) is 14.7. The molecule has 1 aromatic rings. The third-order valence-corrected chi connectivity index (χ3v) is 3.99. The topological polar surface area (TPSA) is 66.6 Å². The van der Waals surface area contributed by atoms with Gasteiger partial charge >= 0.3 is 0 Å². The summed E-state index contributed by atoms with van der Waals surface area (Å²) in [6.07, 6.45) is 4.35. The van der Waals surface area contributed by atoms with Crippen LogP contribution in [0.5, 0.6) is 0 Å². The van der Waals surface area contributed by atoms with E-state index in [0.29, 0.717) is 23.6 Å². The Kier molecular flexibility index (Phi) is 4.81. The van der Waals surface area contributed by atoms with Crippen LogP contribution < -0.4 is 0 Å². The summed E-state index contributed by atoms with van der Waals surface area (Å²) >= 11 is 0. The van der Waals surface area contributed by atoms with E-state index >= 15 is 0 Å². The van der Waals surface area contributed by atoms with E-state index in [1.165, 1.54) is 0 Å². The lowest BCUT2D eigenvalue weighted by Crippen LogP contribution is -2.41. The molecule has 1 saturated carbocycles. The molecule has 0 spiro atoms. The number of aliphatic hydroxyl groups excluding tert-OH is 1. The summed E-state index contributed by atoms with van der Waals surface area (Å²) in [5.74, 6) is 0.719. The average molecular weight is 280 g/mol. The molecule has 2 rings (SSSR count). The van der Waals surface area contributed by atoms with Gasteiger partial charge in [0.1, 0.15) is 5.56 Å². The van der Waals surface area contributed by atoms with Crippen molar-refractivity contribution in [3.63, 3.8) is 0 Å². The van der Waals surface area contributed by atoms with Crippen LogP contribution in [0.3, 0.4) is 0 Å². The number of hydrogen-bond acceptors (Lipinski definition) is 4. The van der Waals surface area contributed by atoms with Crippen molar-refractivity contribution in [3.05, 3.63) is 17.0 Å². The maximum atomic E-state index is 12.8. The molecule has 112 valence electrons. The monoisotopic (exact) mass is 280 g/mol. The standard InChI is InChI=1S/C15H24N2O3/c1-10(2)14-13(11(3)16-20-14)15(19)17(8-9-18)12-6-4-5-7-12/h10,12,18H,4-9H2,1-3H3. The lowest BCUT2D eigenvalue weighted by atomic mass is 10.0. The molecule has 0 bridgehead atoms. The Morgan fingerprint density at radius 1 is 1.45 bits per heavy atom. The van der Waals surface area contributed by atoms with Crippen molar-refractivity contribution in [2.45, 2.75) is 58.4 Å². The minimum Gasteiger partial charge on any atom is -0.395 e. The molecule has 1 aliphatic carbocycles. The zero-order valence-electron chi connectivity index (χ0n) is 12.6. The Hall–Kier alpha value is -1.36. The van der Waals surface area contributed by atoms with Gasteiger partial charge in [-0.3, -0.25) is 4.79 Å². The van der Waals surface area contributed by atoms with Gasteiger partial charge in [-0.15, -0.1) is 0 Å². The molecule has 0 saturated heterocycles. The second-order valence-corrected chi connectivity index (χ2v) is 5.82. The highest BCUT2D eigenvalue weighted by molar-refractivity contribution is 5.96. The molecule has 5 nitrogen and oxygen atoms in total. The molecule has 0 aliphatic heterocycles. The normalized spacial score (nSPS) is 16.1. The summed E-state index contributed by atoms with van der Waals surface area (Å²) in [5.41, 5.74) is 1.22. The predicted molar refractivity (Wildman–Crippen MR) is 75.7 cm³/mol. The molecule has 5 heteroatoms. The Labute approximate surface area is 119 Å². The zero-order valence-corrected chi connectivity index (χ0v) is 12.6. The molecule has 1 amide bonds. The highest BCUT2D eigenvalue weighted by Crippen LogP contribution is 2.28. The first-order valence-electron chi connectivity index (χ1n) is 7.44. The van der Waals surface area contributed by atoms with Crippen LogP contribution in [0.15, 0.2) is 4.52 Å². The minimum atomic E-state index is -0.0478. The Morgan fingerprint density at radius 3 is 2.65 bits per heavy atom. The number of aliphatic hydroxyl groups is 1. The smallest absolute Gasteiger partial charge is 0.259 e. The third kappa shape index (κ3) is 2.87. The van der Waals surface area contributed by atoms with Crippen LogP contribution in [-0.4, -0.2) is 40.3 Å². The van der Waals surface area contributed by atoms with Crippen molar-refractivity contribution >= 4 is 5.91 Å². The first-order chi connectivity index (χ1) is 9.56. The van der Waals surface area contributed by atoms with Crippen LogP contribution >= 0.6 is 0 Å². The molecule has 0 unspecified atom stereocenters. The van der Waals surface area contributed by atoms with Gasteiger partial charge in [0, 0.05) is 18.5 Å². The molecule has 0 aromatic carbocycles. The fraction of sp³-hybridized carbons (Fsp3) is 0.733. The number of hydrogen-bond donors (Lipinski definition) is 1. The van der Waals surface area contributed by atoms with Crippen molar-refractivity contribution in [3.8, 4) is 0 Å². The van der Waals surface area contributed by atoms with Crippen molar-refractivity contribution in [2.24, 2.45) is 0 Å². The van der Waals surface area contributed by atoms with Crippen molar-refractivity contribution in [2.75, 3.05) is 13.2 Å². The first kappa shape index (κ1) is 15.0. The number of aryl methyl sites for hydroxylation is 1. The van der Waals surface area contributed by atoms with Crippen LogP contribution in [0.1, 0.15) is 67.3 Å². The summed E-state index contributed by atoms with van der Waals surface area (Å²) in [7, 11) is 0. The van der Waals surface area contributed by atoms with Gasteiger partial charge in [-0.05, 0) is 19.8 Å². The number of nitrogens with zero attached hydrogens (tertiary/aromatic N) is 2. The van der Waals surface area contributed by atoms with E-state index in [-0.39, 0.29) is 24.5 Å². The van der Waals surface area contributed by atoms with Gasteiger partial charge in [-0.2, -0.15) is 0 Å². The lowest BCUT2D eigenvalue weighted by molar-refractivity contribution is 0.0634. The van der Waals surface area contributed by atoms with Gasteiger partial charge in [-0.1, -0.05) is 31.8 Å². The summed E-state index contributed by atoms with van der Waals surface area (Å²) in [6.45, 7) is 6.15. The van der Waals surface area contributed by atoms with Crippen molar-refractivity contribution in [1.29, 1.82) is 0 Å². The quantitative estimate of drug-likeness (QED) is 0.899. The highest BCUT2D eigenvalue weighted by Gasteiger charge is 2.31. The molecule has 1 N–H and O–H groups in total. The molecular weight excluding hydrogens is 256 g/mol. The SMILES string of the molecule is Cc1noc(C(C)C)c1C(=O)N(CCO)C1CCCC1. The lowest BCUT2D eigenvalue weighted by Gasteiger charge is -2.28. The maximum Gasteiger partial charge on any atom is 0.259 e. The molecule has 1 aromatic heterocycles. The third-order valence-electron chi connectivity index (χ3n) is 3.99. The van der Waals surface area contributed by atoms with E-state index in [1.54, 1.807) is 11.8 Å². The molecule has 20 heavy (non-hydrogen) atoms. The Bertz CT molecular complexity index is 462. The number of rotatable bonds is 5. The van der Waals surface area contributed by atoms with Gasteiger partial charge in [0.15, 0.2) is 5.76 Å². The maximum absolute atomic E-state index is 12.8. The van der Waals surface area contributed by atoms with Gasteiger partial charge in [0.25, 0.3) is 5.91 Å². The Morgan fingerprint density at radius 2 is 2.10 bits per heavy atom. The van der Waals surface area contributed by atoms with E-state index in [0.717, 1.165) is 25.7 Å². The van der Waals surface area contributed by atoms with Crippen LogP contribution in [0.2, 0.25) is 0 Å². The van der Waals surface area contributed by atoms with Gasteiger partial charge < -0.3 is 14.5 Å². The van der Waals surface area contributed by atoms with E-state index in [4.69, 9.17) is 4.52 Å². The van der Waals surface area contributed by atoms with Crippen molar-refractivity contribution in [1.82, 2.24) is 10.1 Å². The van der Waals surface area contributed by atoms with Crippen LogP contribution in [0.4, 0.5) is 0 Å². The molecule has 1 fully saturated rings. The number of carbonyl (C=O) groups is 1. The van der Waals surface area contributed by atoms with Crippen LogP contribution in [0.25, 0.3) is 0 Å². The highest BCUT2D eigenvalue weighted by atomic mass is 16.5. The van der Waals surface area contributed by atoms with Crippen LogP contribution in [-0.2, 0) is 0 Å². The first-order valence-corrected chi connectivity index (χ1v) is 7.44. The fourth-order valence-corrected chi connectivity index (χ4v) is 2.96.